The molecule has 0 aliphatic heterocycles. The van der Waals surface area contributed by atoms with E-state index in [0.717, 1.165) is 17.5 Å². The highest BCUT2D eigenvalue weighted by Crippen LogP contribution is 2.43. The molecule has 2 rings (SSSR count). The van der Waals surface area contributed by atoms with Crippen LogP contribution in [0.15, 0.2) is 12.1 Å². The zero-order chi connectivity index (χ0) is 11.7. The summed E-state index contributed by atoms with van der Waals surface area (Å²) in [4.78, 5) is 11.0. The van der Waals surface area contributed by atoms with Gasteiger partial charge in [-0.15, -0.1) is 0 Å². The van der Waals surface area contributed by atoms with Crippen LogP contribution >= 0.6 is 0 Å². The van der Waals surface area contributed by atoms with Crippen molar-refractivity contribution >= 4 is 5.97 Å². The molecule has 1 aliphatic rings. The third-order valence-corrected chi connectivity index (χ3v) is 3.04. The van der Waals surface area contributed by atoms with E-state index in [1.54, 1.807) is 20.3 Å². The highest BCUT2D eigenvalue weighted by molar-refractivity contribution is 5.79. The standard InChI is InChI=1S/C12H14O4/c1-15-10-6-5-7-8(11(10)16-2)3-4-9(7)12(13)14/h5-6,9H,3-4H2,1-2H3,(H,13,14)/t9-/m1/s1. The van der Waals surface area contributed by atoms with E-state index in [0.29, 0.717) is 17.9 Å². The molecule has 4 nitrogen and oxygen atoms in total. The average Bonchev–Trinajstić information content (AvgIpc) is 2.71. The molecule has 1 aromatic carbocycles. The van der Waals surface area contributed by atoms with Gasteiger partial charge >= 0.3 is 5.97 Å². The Morgan fingerprint density at radius 3 is 2.69 bits per heavy atom. The van der Waals surface area contributed by atoms with Crippen LogP contribution < -0.4 is 9.47 Å². The van der Waals surface area contributed by atoms with Crippen molar-refractivity contribution in [3.63, 3.8) is 0 Å². The van der Waals surface area contributed by atoms with E-state index in [2.05, 4.69) is 0 Å². The van der Waals surface area contributed by atoms with Crippen LogP contribution in [0.5, 0.6) is 11.5 Å². The van der Waals surface area contributed by atoms with E-state index < -0.39 is 11.9 Å². The first-order valence-corrected chi connectivity index (χ1v) is 5.15. The van der Waals surface area contributed by atoms with Crippen molar-refractivity contribution in [2.45, 2.75) is 18.8 Å². The molecule has 1 aromatic rings. The zero-order valence-electron chi connectivity index (χ0n) is 9.32. The van der Waals surface area contributed by atoms with Crippen molar-refractivity contribution in [1.29, 1.82) is 0 Å². The molecule has 0 spiro atoms. The molecule has 0 saturated heterocycles. The van der Waals surface area contributed by atoms with Gasteiger partial charge in [-0.05, 0) is 24.5 Å². The van der Waals surface area contributed by atoms with Gasteiger partial charge in [0.05, 0.1) is 20.1 Å². The monoisotopic (exact) mass is 222 g/mol. The number of ether oxygens (including phenoxy) is 2. The zero-order valence-corrected chi connectivity index (χ0v) is 9.32. The molecule has 0 saturated carbocycles. The molecule has 0 amide bonds. The van der Waals surface area contributed by atoms with Crippen LogP contribution in [0, 0.1) is 0 Å². The topological polar surface area (TPSA) is 55.8 Å². The Balaban J connectivity index is 2.51. The molecule has 1 N–H and O–H groups in total. The lowest BCUT2D eigenvalue weighted by atomic mass is 10.0. The number of rotatable bonds is 3. The van der Waals surface area contributed by atoms with Gasteiger partial charge < -0.3 is 14.6 Å². The third-order valence-electron chi connectivity index (χ3n) is 3.04. The van der Waals surface area contributed by atoms with Gasteiger partial charge in [0.25, 0.3) is 0 Å². The summed E-state index contributed by atoms with van der Waals surface area (Å²) in [5, 5.41) is 9.08. The first kappa shape index (κ1) is 10.8. The van der Waals surface area contributed by atoms with Crippen LogP contribution in [-0.2, 0) is 11.2 Å². The summed E-state index contributed by atoms with van der Waals surface area (Å²) < 4.78 is 10.5. The fourth-order valence-electron chi connectivity index (χ4n) is 2.29. The fourth-order valence-corrected chi connectivity index (χ4v) is 2.29. The smallest absolute Gasteiger partial charge is 0.310 e. The van der Waals surface area contributed by atoms with Gasteiger partial charge in [-0.25, -0.2) is 0 Å². The molecule has 0 radical (unpaired) electrons. The minimum Gasteiger partial charge on any atom is -0.493 e. The molecular formula is C12H14O4. The lowest BCUT2D eigenvalue weighted by Gasteiger charge is -2.13. The molecule has 1 atom stereocenters. The van der Waals surface area contributed by atoms with E-state index in [1.807, 2.05) is 6.07 Å². The second-order valence-corrected chi connectivity index (χ2v) is 3.80. The van der Waals surface area contributed by atoms with Gasteiger partial charge in [-0.2, -0.15) is 0 Å². The highest BCUT2D eigenvalue weighted by atomic mass is 16.5. The number of benzene rings is 1. The number of fused-ring (bicyclic) bond motifs is 1. The molecule has 1 aliphatic carbocycles. The average molecular weight is 222 g/mol. The van der Waals surface area contributed by atoms with Gasteiger partial charge in [0.2, 0.25) is 0 Å². The largest absolute Gasteiger partial charge is 0.493 e. The normalized spacial score (nSPS) is 18.0. The van der Waals surface area contributed by atoms with Crippen molar-refractivity contribution in [2.75, 3.05) is 14.2 Å². The second kappa shape index (κ2) is 4.04. The molecule has 0 heterocycles. The predicted octanol–water partition coefficient (Wildman–Crippen LogP) is 1.82. The SMILES string of the molecule is COc1ccc2c(c1OC)CC[C@H]2C(=O)O. The first-order chi connectivity index (χ1) is 7.69. The Morgan fingerprint density at radius 1 is 1.38 bits per heavy atom. The predicted molar refractivity (Wildman–Crippen MR) is 58.2 cm³/mol. The number of hydrogen-bond donors (Lipinski definition) is 1. The molecule has 0 bridgehead atoms. The lowest BCUT2D eigenvalue weighted by molar-refractivity contribution is -0.138. The summed E-state index contributed by atoms with van der Waals surface area (Å²) in [7, 11) is 3.15. The Bertz CT molecular complexity index is 425. The van der Waals surface area contributed by atoms with Crippen LogP contribution in [0.1, 0.15) is 23.5 Å². The van der Waals surface area contributed by atoms with Crippen LogP contribution in [0.2, 0.25) is 0 Å². The minimum absolute atomic E-state index is 0.408. The van der Waals surface area contributed by atoms with Crippen molar-refractivity contribution in [2.24, 2.45) is 0 Å². The Morgan fingerprint density at radius 2 is 2.12 bits per heavy atom. The number of methoxy groups -OCH3 is 2. The lowest BCUT2D eigenvalue weighted by Crippen LogP contribution is -2.07. The number of carboxylic acids is 1. The van der Waals surface area contributed by atoms with Crippen molar-refractivity contribution in [3.8, 4) is 11.5 Å². The first-order valence-electron chi connectivity index (χ1n) is 5.15. The van der Waals surface area contributed by atoms with Gasteiger partial charge in [0.15, 0.2) is 11.5 Å². The van der Waals surface area contributed by atoms with Crippen LogP contribution in [0.25, 0.3) is 0 Å². The van der Waals surface area contributed by atoms with Gasteiger partial charge in [-0.1, -0.05) is 6.07 Å². The van der Waals surface area contributed by atoms with Crippen LogP contribution in [-0.4, -0.2) is 25.3 Å². The van der Waals surface area contributed by atoms with E-state index in [9.17, 15) is 4.79 Å². The Hall–Kier alpha value is -1.71. The molecule has 86 valence electrons. The third kappa shape index (κ3) is 1.50. The summed E-state index contributed by atoms with van der Waals surface area (Å²) in [6, 6.07) is 3.58. The molecular weight excluding hydrogens is 208 g/mol. The summed E-state index contributed by atoms with van der Waals surface area (Å²) in [5.74, 6) is 0.150. The van der Waals surface area contributed by atoms with Crippen molar-refractivity contribution in [1.82, 2.24) is 0 Å². The minimum atomic E-state index is -0.772. The second-order valence-electron chi connectivity index (χ2n) is 3.80. The van der Waals surface area contributed by atoms with E-state index in [1.165, 1.54) is 0 Å². The Kier molecular flexibility index (Phi) is 2.73. The van der Waals surface area contributed by atoms with Gasteiger partial charge in [0.1, 0.15) is 0 Å². The maximum absolute atomic E-state index is 11.0. The molecule has 0 aromatic heterocycles. The molecule has 4 heteroatoms. The highest BCUT2D eigenvalue weighted by Gasteiger charge is 2.31. The fraction of sp³-hybridized carbons (Fsp3) is 0.417. The quantitative estimate of drug-likeness (QED) is 0.847. The summed E-state index contributed by atoms with van der Waals surface area (Å²) in [5.41, 5.74) is 1.82. The van der Waals surface area contributed by atoms with Crippen molar-refractivity contribution in [3.05, 3.63) is 23.3 Å². The van der Waals surface area contributed by atoms with E-state index in [-0.39, 0.29) is 0 Å². The maximum Gasteiger partial charge on any atom is 0.310 e. The Labute approximate surface area is 93.8 Å². The summed E-state index contributed by atoms with van der Waals surface area (Å²) in [6.45, 7) is 0. The van der Waals surface area contributed by atoms with Crippen molar-refractivity contribution < 1.29 is 19.4 Å². The van der Waals surface area contributed by atoms with Gasteiger partial charge in [0, 0.05) is 5.56 Å². The van der Waals surface area contributed by atoms with E-state index >= 15 is 0 Å². The van der Waals surface area contributed by atoms with Gasteiger partial charge in [-0.3, -0.25) is 4.79 Å². The summed E-state index contributed by atoms with van der Waals surface area (Å²) >= 11 is 0. The van der Waals surface area contributed by atoms with E-state index in [4.69, 9.17) is 14.6 Å². The maximum atomic E-state index is 11.0. The summed E-state index contributed by atoms with van der Waals surface area (Å²) in [6.07, 6.45) is 1.36. The molecule has 16 heavy (non-hydrogen) atoms. The number of carboxylic acid groups (broad SMARTS) is 1. The molecule has 0 fully saturated rings. The van der Waals surface area contributed by atoms with Crippen LogP contribution in [0.3, 0.4) is 0 Å². The number of carbonyl (C=O) groups is 1. The number of aliphatic carboxylic acids is 1. The molecule has 0 unspecified atom stereocenters. The van der Waals surface area contributed by atoms with Crippen LogP contribution in [0.4, 0.5) is 0 Å². The number of hydrogen-bond acceptors (Lipinski definition) is 3.